The highest BCUT2D eigenvalue weighted by atomic mass is 19.1. The SMILES string of the molecule is Cc1ccc(F)c(NC2CCCN(C(=O)c3ccccc3C)C2)c1. The highest BCUT2D eigenvalue weighted by Crippen LogP contribution is 2.22. The fourth-order valence-corrected chi connectivity index (χ4v) is 3.23. The van der Waals surface area contributed by atoms with Crippen LogP contribution in [0, 0.1) is 19.7 Å². The minimum Gasteiger partial charge on any atom is -0.378 e. The van der Waals surface area contributed by atoms with E-state index in [1.54, 1.807) is 6.07 Å². The highest BCUT2D eigenvalue weighted by Gasteiger charge is 2.25. The van der Waals surface area contributed by atoms with Crippen molar-refractivity contribution in [1.29, 1.82) is 0 Å². The Hall–Kier alpha value is -2.36. The third kappa shape index (κ3) is 3.58. The van der Waals surface area contributed by atoms with Crippen LogP contribution in [0.3, 0.4) is 0 Å². The Balaban J connectivity index is 1.71. The van der Waals surface area contributed by atoms with E-state index in [-0.39, 0.29) is 17.8 Å². The normalized spacial score (nSPS) is 17.6. The lowest BCUT2D eigenvalue weighted by atomic mass is 10.0. The lowest BCUT2D eigenvalue weighted by molar-refractivity contribution is 0.0714. The zero-order valence-electron chi connectivity index (χ0n) is 14.2. The molecule has 3 nitrogen and oxygen atoms in total. The van der Waals surface area contributed by atoms with Gasteiger partial charge in [-0.1, -0.05) is 24.3 Å². The van der Waals surface area contributed by atoms with E-state index in [0.717, 1.165) is 36.1 Å². The Labute approximate surface area is 142 Å². The van der Waals surface area contributed by atoms with E-state index in [2.05, 4.69) is 5.32 Å². The number of benzene rings is 2. The summed E-state index contributed by atoms with van der Waals surface area (Å²) in [6, 6.07) is 12.8. The zero-order valence-corrected chi connectivity index (χ0v) is 14.2. The number of rotatable bonds is 3. The van der Waals surface area contributed by atoms with Crippen molar-refractivity contribution < 1.29 is 9.18 Å². The standard InChI is InChI=1S/C20H23FN2O/c1-14-9-10-18(21)19(12-14)22-16-7-5-11-23(13-16)20(24)17-8-4-3-6-15(17)2/h3-4,6,8-10,12,16,22H,5,7,11,13H2,1-2H3. The van der Waals surface area contributed by atoms with Crippen LogP contribution in [0.2, 0.25) is 0 Å². The van der Waals surface area contributed by atoms with Crippen molar-refractivity contribution in [2.45, 2.75) is 32.7 Å². The summed E-state index contributed by atoms with van der Waals surface area (Å²) < 4.78 is 14.0. The second kappa shape index (κ2) is 7.04. The number of hydrogen-bond acceptors (Lipinski definition) is 2. The van der Waals surface area contributed by atoms with Crippen molar-refractivity contribution in [3.63, 3.8) is 0 Å². The maximum absolute atomic E-state index is 14.0. The van der Waals surface area contributed by atoms with E-state index in [1.807, 2.05) is 49.1 Å². The molecule has 0 bridgehead atoms. The van der Waals surface area contributed by atoms with E-state index in [4.69, 9.17) is 0 Å². The smallest absolute Gasteiger partial charge is 0.254 e. The van der Waals surface area contributed by atoms with Gasteiger partial charge < -0.3 is 10.2 Å². The molecule has 1 aliphatic heterocycles. The first-order chi connectivity index (χ1) is 11.5. The molecule has 2 aromatic carbocycles. The van der Waals surface area contributed by atoms with Gasteiger partial charge in [0.15, 0.2) is 0 Å². The van der Waals surface area contributed by atoms with Gasteiger partial charge in [0.2, 0.25) is 0 Å². The third-order valence-electron chi connectivity index (χ3n) is 4.57. The molecule has 1 saturated heterocycles. The second-order valence-electron chi connectivity index (χ2n) is 6.53. The van der Waals surface area contributed by atoms with Crippen LogP contribution < -0.4 is 5.32 Å². The predicted octanol–water partition coefficient (Wildman–Crippen LogP) is 4.16. The molecular weight excluding hydrogens is 303 g/mol. The third-order valence-corrected chi connectivity index (χ3v) is 4.57. The molecule has 0 aliphatic carbocycles. The van der Waals surface area contributed by atoms with E-state index < -0.39 is 0 Å². The molecule has 2 aromatic rings. The Morgan fingerprint density at radius 3 is 2.79 bits per heavy atom. The van der Waals surface area contributed by atoms with Crippen molar-refractivity contribution in [3.05, 3.63) is 65.0 Å². The molecule has 1 atom stereocenters. The van der Waals surface area contributed by atoms with Crippen LogP contribution in [0.15, 0.2) is 42.5 Å². The van der Waals surface area contributed by atoms with Gasteiger partial charge in [-0.25, -0.2) is 4.39 Å². The Bertz CT molecular complexity index is 744. The number of anilines is 1. The maximum atomic E-state index is 14.0. The Kier molecular flexibility index (Phi) is 4.84. The first-order valence-electron chi connectivity index (χ1n) is 8.42. The molecule has 126 valence electrons. The average molecular weight is 326 g/mol. The fourth-order valence-electron chi connectivity index (χ4n) is 3.23. The number of likely N-dealkylation sites (tertiary alicyclic amines) is 1. The first-order valence-corrected chi connectivity index (χ1v) is 8.42. The van der Waals surface area contributed by atoms with Crippen LogP contribution >= 0.6 is 0 Å². The van der Waals surface area contributed by atoms with Gasteiger partial charge in [0.25, 0.3) is 5.91 Å². The average Bonchev–Trinajstić information content (AvgIpc) is 2.58. The van der Waals surface area contributed by atoms with Gasteiger partial charge in [-0.2, -0.15) is 0 Å². The van der Waals surface area contributed by atoms with Gasteiger partial charge in [0.05, 0.1) is 5.69 Å². The molecule has 1 N–H and O–H groups in total. The van der Waals surface area contributed by atoms with Gasteiger partial charge in [-0.15, -0.1) is 0 Å². The van der Waals surface area contributed by atoms with Crippen LogP contribution in [-0.4, -0.2) is 29.9 Å². The zero-order chi connectivity index (χ0) is 17.1. The number of amides is 1. The quantitative estimate of drug-likeness (QED) is 0.918. The van der Waals surface area contributed by atoms with Crippen LogP contribution in [0.1, 0.15) is 34.3 Å². The number of hydrogen-bond donors (Lipinski definition) is 1. The molecule has 1 aliphatic rings. The topological polar surface area (TPSA) is 32.3 Å². The Morgan fingerprint density at radius 2 is 2.00 bits per heavy atom. The summed E-state index contributed by atoms with van der Waals surface area (Å²) in [5, 5.41) is 3.27. The number of piperidine rings is 1. The van der Waals surface area contributed by atoms with Crippen molar-refractivity contribution >= 4 is 11.6 Å². The van der Waals surface area contributed by atoms with Gasteiger partial charge in [-0.3, -0.25) is 4.79 Å². The summed E-state index contributed by atoms with van der Waals surface area (Å²) in [6.07, 6.45) is 1.85. The minimum atomic E-state index is -0.247. The lowest BCUT2D eigenvalue weighted by Gasteiger charge is -2.34. The summed E-state index contributed by atoms with van der Waals surface area (Å²) in [4.78, 5) is 14.6. The van der Waals surface area contributed by atoms with Crippen LogP contribution in [-0.2, 0) is 0 Å². The largest absolute Gasteiger partial charge is 0.378 e. The summed E-state index contributed by atoms with van der Waals surface area (Å²) in [5.41, 5.74) is 3.27. The molecule has 1 unspecified atom stereocenters. The maximum Gasteiger partial charge on any atom is 0.254 e. The summed E-state index contributed by atoms with van der Waals surface area (Å²) in [5.74, 6) is -0.188. The molecule has 0 spiro atoms. The van der Waals surface area contributed by atoms with Gasteiger partial charge >= 0.3 is 0 Å². The molecule has 1 fully saturated rings. The fraction of sp³-hybridized carbons (Fsp3) is 0.350. The minimum absolute atomic E-state index is 0.0596. The molecule has 0 radical (unpaired) electrons. The van der Waals surface area contributed by atoms with Crippen LogP contribution in [0.4, 0.5) is 10.1 Å². The van der Waals surface area contributed by atoms with E-state index in [9.17, 15) is 9.18 Å². The monoisotopic (exact) mass is 326 g/mol. The number of carbonyl (C=O) groups excluding carboxylic acids is 1. The predicted molar refractivity (Wildman–Crippen MR) is 94.9 cm³/mol. The number of carbonyl (C=O) groups is 1. The number of nitrogens with zero attached hydrogens (tertiary/aromatic N) is 1. The van der Waals surface area contributed by atoms with Crippen molar-refractivity contribution in [2.75, 3.05) is 18.4 Å². The highest BCUT2D eigenvalue weighted by molar-refractivity contribution is 5.95. The molecule has 0 aromatic heterocycles. The molecule has 24 heavy (non-hydrogen) atoms. The number of aryl methyl sites for hydroxylation is 2. The van der Waals surface area contributed by atoms with Crippen LogP contribution in [0.25, 0.3) is 0 Å². The molecule has 4 heteroatoms. The van der Waals surface area contributed by atoms with Crippen molar-refractivity contribution in [2.24, 2.45) is 0 Å². The molecule has 0 saturated carbocycles. The second-order valence-corrected chi connectivity index (χ2v) is 6.53. The number of nitrogens with one attached hydrogen (secondary N) is 1. The first kappa shape index (κ1) is 16.5. The van der Waals surface area contributed by atoms with E-state index >= 15 is 0 Å². The summed E-state index contributed by atoms with van der Waals surface area (Å²) >= 11 is 0. The van der Waals surface area contributed by atoms with Gasteiger partial charge in [-0.05, 0) is 56.0 Å². The van der Waals surface area contributed by atoms with Crippen LogP contribution in [0.5, 0.6) is 0 Å². The molecular formula is C20H23FN2O. The number of halogens is 1. The molecule has 3 rings (SSSR count). The van der Waals surface area contributed by atoms with Crippen molar-refractivity contribution in [1.82, 2.24) is 4.90 Å². The van der Waals surface area contributed by atoms with Gasteiger partial charge in [0, 0.05) is 24.7 Å². The summed E-state index contributed by atoms with van der Waals surface area (Å²) in [7, 11) is 0. The molecule has 1 amide bonds. The van der Waals surface area contributed by atoms with E-state index in [1.165, 1.54) is 6.07 Å². The van der Waals surface area contributed by atoms with E-state index in [0.29, 0.717) is 12.2 Å². The Morgan fingerprint density at radius 1 is 1.21 bits per heavy atom. The van der Waals surface area contributed by atoms with Crippen molar-refractivity contribution in [3.8, 4) is 0 Å². The molecule has 1 heterocycles. The summed E-state index contributed by atoms with van der Waals surface area (Å²) in [6.45, 7) is 5.25. The lowest BCUT2D eigenvalue weighted by Crippen LogP contribution is -2.45. The van der Waals surface area contributed by atoms with Gasteiger partial charge in [0.1, 0.15) is 5.82 Å².